The van der Waals surface area contributed by atoms with Crippen molar-refractivity contribution in [2.24, 2.45) is 13.0 Å². The molecule has 122 valence electrons. The smallest absolute Gasteiger partial charge is 0.305 e. The average molecular weight is 314 g/mol. The molecule has 1 aliphatic heterocycles. The monoisotopic (exact) mass is 314 g/mol. The molecule has 0 saturated carbocycles. The van der Waals surface area contributed by atoms with Crippen molar-refractivity contribution in [3.8, 4) is 0 Å². The lowest BCUT2D eigenvalue weighted by atomic mass is 9.93. The number of ether oxygens (including phenoxy) is 1. The van der Waals surface area contributed by atoms with E-state index in [0.717, 1.165) is 29.3 Å². The number of nitrogens with zero attached hydrogens (tertiary/aromatic N) is 2. The molecule has 0 radical (unpaired) electrons. The first-order valence-electron chi connectivity index (χ1n) is 8.00. The zero-order chi connectivity index (χ0) is 16.4. The lowest BCUT2D eigenvalue weighted by Gasteiger charge is -2.31. The summed E-state index contributed by atoms with van der Waals surface area (Å²) in [6.07, 6.45) is 4.07. The van der Waals surface area contributed by atoms with Gasteiger partial charge in [-0.3, -0.25) is 9.59 Å². The SMILES string of the molecule is COC(=O)CC1CCN(C(=O)c2cn(C)c3ccccc23)CC1. The van der Waals surface area contributed by atoms with Crippen molar-refractivity contribution in [1.29, 1.82) is 0 Å². The van der Waals surface area contributed by atoms with E-state index in [1.54, 1.807) is 0 Å². The van der Waals surface area contributed by atoms with E-state index in [1.165, 1.54) is 7.11 Å². The number of carbonyl (C=O) groups is 2. The Bertz CT molecular complexity index is 727. The van der Waals surface area contributed by atoms with E-state index in [2.05, 4.69) is 0 Å². The molecule has 0 bridgehead atoms. The first kappa shape index (κ1) is 15.6. The van der Waals surface area contributed by atoms with Crippen LogP contribution in [0, 0.1) is 5.92 Å². The number of aryl methyl sites for hydroxylation is 1. The predicted octanol–water partition coefficient (Wildman–Crippen LogP) is 2.59. The van der Waals surface area contributed by atoms with Crippen LogP contribution in [0.5, 0.6) is 0 Å². The molecule has 3 rings (SSSR count). The summed E-state index contributed by atoms with van der Waals surface area (Å²) in [4.78, 5) is 26.1. The number of aromatic nitrogens is 1. The van der Waals surface area contributed by atoms with Crippen molar-refractivity contribution in [2.75, 3.05) is 20.2 Å². The second-order valence-electron chi connectivity index (χ2n) is 6.19. The zero-order valence-electron chi connectivity index (χ0n) is 13.6. The van der Waals surface area contributed by atoms with Gasteiger partial charge in [0.05, 0.1) is 12.7 Å². The van der Waals surface area contributed by atoms with Crippen LogP contribution in [0.2, 0.25) is 0 Å². The Hall–Kier alpha value is -2.30. The second kappa shape index (κ2) is 6.44. The molecule has 1 amide bonds. The molecule has 1 fully saturated rings. The van der Waals surface area contributed by atoms with Gasteiger partial charge >= 0.3 is 5.97 Å². The molecule has 5 nitrogen and oxygen atoms in total. The van der Waals surface area contributed by atoms with E-state index in [9.17, 15) is 9.59 Å². The van der Waals surface area contributed by atoms with E-state index in [0.29, 0.717) is 25.4 Å². The summed E-state index contributed by atoms with van der Waals surface area (Å²) in [6.45, 7) is 1.40. The quantitative estimate of drug-likeness (QED) is 0.818. The largest absolute Gasteiger partial charge is 0.469 e. The maximum atomic E-state index is 12.8. The minimum absolute atomic E-state index is 0.0818. The average Bonchev–Trinajstić information content (AvgIpc) is 2.92. The second-order valence-corrected chi connectivity index (χ2v) is 6.19. The summed E-state index contributed by atoms with van der Waals surface area (Å²) in [5, 5.41) is 0.997. The van der Waals surface area contributed by atoms with Crippen LogP contribution in [0.1, 0.15) is 29.6 Å². The summed E-state index contributed by atoms with van der Waals surface area (Å²) < 4.78 is 6.72. The van der Waals surface area contributed by atoms with Crippen LogP contribution in [0.3, 0.4) is 0 Å². The van der Waals surface area contributed by atoms with Gasteiger partial charge in [0.2, 0.25) is 0 Å². The minimum atomic E-state index is -0.163. The van der Waals surface area contributed by atoms with Crippen molar-refractivity contribution < 1.29 is 14.3 Å². The van der Waals surface area contributed by atoms with E-state index < -0.39 is 0 Å². The molecule has 0 atom stereocenters. The van der Waals surface area contributed by atoms with E-state index in [4.69, 9.17) is 4.74 Å². The third kappa shape index (κ3) is 3.09. The molecule has 2 heterocycles. The molecule has 1 aromatic carbocycles. The molecule has 2 aromatic rings. The maximum absolute atomic E-state index is 12.8. The maximum Gasteiger partial charge on any atom is 0.305 e. The molecule has 0 unspecified atom stereocenters. The van der Waals surface area contributed by atoms with Crippen LogP contribution >= 0.6 is 0 Å². The predicted molar refractivity (Wildman–Crippen MR) is 88.2 cm³/mol. The topological polar surface area (TPSA) is 51.5 Å². The van der Waals surface area contributed by atoms with Gasteiger partial charge in [-0.1, -0.05) is 18.2 Å². The minimum Gasteiger partial charge on any atom is -0.469 e. The van der Waals surface area contributed by atoms with Gasteiger partial charge < -0.3 is 14.2 Å². The highest BCUT2D eigenvalue weighted by Crippen LogP contribution is 2.25. The van der Waals surface area contributed by atoms with E-state index in [1.807, 2.05) is 47.0 Å². The highest BCUT2D eigenvalue weighted by Gasteiger charge is 2.26. The number of rotatable bonds is 3. The normalized spacial score (nSPS) is 15.8. The van der Waals surface area contributed by atoms with Gasteiger partial charge in [0.1, 0.15) is 0 Å². The lowest BCUT2D eigenvalue weighted by molar-refractivity contribution is -0.142. The van der Waals surface area contributed by atoms with Gasteiger partial charge in [-0.2, -0.15) is 0 Å². The zero-order valence-corrected chi connectivity index (χ0v) is 13.6. The standard InChI is InChI=1S/C18H22N2O3/c1-19-12-15(14-5-3-4-6-16(14)19)18(22)20-9-7-13(8-10-20)11-17(21)23-2/h3-6,12-13H,7-11H2,1-2H3. The van der Waals surface area contributed by atoms with Crippen LogP contribution < -0.4 is 0 Å². The van der Waals surface area contributed by atoms with Crippen LogP contribution in [0.4, 0.5) is 0 Å². The number of hydrogen-bond donors (Lipinski definition) is 0. The van der Waals surface area contributed by atoms with Gasteiger partial charge in [0.15, 0.2) is 0 Å². The van der Waals surface area contributed by atoms with Crippen LogP contribution in [0.25, 0.3) is 10.9 Å². The highest BCUT2D eigenvalue weighted by atomic mass is 16.5. The van der Waals surface area contributed by atoms with Gasteiger partial charge in [0, 0.05) is 43.7 Å². The molecule has 0 spiro atoms. The van der Waals surface area contributed by atoms with E-state index >= 15 is 0 Å². The fraction of sp³-hybridized carbons (Fsp3) is 0.444. The van der Waals surface area contributed by atoms with Crippen molar-refractivity contribution >= 4 is 22.8 Å². The molecule has 1 saturated heterocycles. The fourth-order valence-electron chi connectivity index (χ4n) is 3.34. The van der Waals surface area contributed by atoms with Crippen molar-refractivity contribution in [2.45, 2.75) is 19.3 Å². The van der Waals surface area contributed by atoms with Gasteiger partial charge in [0.25, 0.3) is 5.91 Å². The van der Waals surface area contributed by atoms with Gasteiger partial charge in [-0.15, -0.1) is 0 Å². The molecule has 5 heteroatoms. The Morgan fingerprint density at radius 2 is 1.91 bits per heavy atom. The van der Waals surface area contributed by atoms with E-state index in [-0.39, 0.29) is 11.9 Å². The molecule has 1 aromatic heterocycles. The Kier molecular flexibility index (Phi) is 4.37. The number of hydrogen-bond acceptors (Lipinski definition) is 3. The molecule has 0 N–H and O–H groups in total. The van der Waals surface area contributed by atoms with Crippen molar-refractivity contribution in [3.05, 3.63) is 36.0 Å². The molecule has 0 aliphatic carbocycles. The summed E-state index contributed by atoms with van der Waals surface area (Å²) in [6, 6.07) is 7.96. The summed E-state index contributed by atoms with van der Waals surface area (Å²) >= 11 is 0. The number of carbonyl (C=O) groups excluding carboxylic acids is 2. The van der Waals surface area contributed by atoms with Crippen LogP contribution in [0.15, 0.2) is 30.5 Å². The number of likely N-dealkylation sites (tertiary alicyclic amines) is 1. The van der Waals surface area contributed by atoms with Crippen molar-refractivity contribution in [1.82, 2.24) is 9.47 Å². The number of para-hydroxylation sites is 1. The number of fused-ring (bicyclic) bond motifs is 1. The highest BCUT2D eigenvalue weighted by molar-refractivity contribution is 6.07. The third-order valence-electron chi connectivity index (χ3n) is 4.71. The third-order valence-corrected chi connectivity index (χ3v) is 4.71. The molecular formula is C18H22N2O3. The van der Waals surface area contributed by atoms with Crippen LogP contribution in [-0.4, -0.2) is 41.5 Å². The van der Waals surface area contributed by atoms with Crippen LogP contribution in [-0.2, 0) is 16.6 Å². The van der Waals surface area contributed by atoms with Crippen molar-refractivity contribution in [3.63, 3.8) is 0 Å². The number of methoxy groups -OCH3 is 1. The fourth-order valence-corrected chi connectivity index (χ4v) is 3.34. The lowest BCUT2D eigenvalue weighted by Crippen LogP contribution is -2.38. The number of piperidine rings is 1. The Balaban J connectivity index is 1.71. The Morgan fingerprint density at radius 3 is 2.61 bits per heavy atom. The first-order chi connectivity index (χ1) is 11.1. The summed E-state index contributed by atoms with van der Waals surface area (Å²) in [5.41, 5.74) is 1.82. The number of amides is 1. The molecular weight excluding hydrogens is 292 g/mol. The summed E-state index contributed by atoms with van der Waals surface area (Å²) in [5.74, 6) is 0.237. The van der Waals surface area contributed by atoms with Gasteiger partial charge in [-0.25, -0.2) is 0 Å². The Morgan fingerprint density at radius 1 is 1.22 bits per heavy atom. The molecule has 23 heavy (non-hydrogen) atoms. The number of benzene rings is 1. The summed E-state index contributed by atoms with van der Waals surface area (Å²) in [7, 11) is 3.38. The number of esters is 1. The first-order valence-corrected chi connectivity index (χ1v) is 8.00. The molecule has 1 aliphatic rings. The van der Waals surface area contributed by atoms with Gasteiger partial charge in [-0.05, 0) is 24.8 Å². The Labute approximate surface area is 135 Å².